The lowest BCUT2D eigenvalue weighted by Gasteiger charge is -2.12. The Morgan fingerprint density at radius 3 is 2.39 bits per heavy atom. The highest BCUT2D eigenvalue weighted by Crippen LogP contribution is 2.21. The Balaban J connectivity index is 1.70. The van der Waals surface area contributed by atoms with Gasteiger partial charge in [-0.3, -0.25) is 0 Å². The van der Waals surface area contributed by atoms with E-state index in [0.717, 1.165) is 54.4 Å². The van der Waals surface area contributed by atoms with Crippen molar-refractivity contribution in [3.05, 3.63) is 65.7 Å². The van der Waals surface area contributed by atoms with Crippen LogP contribution in [0, 0.1) is 0 Å². The van der Waals surface area contributed by atoms with E-state index in [0.29, 0.717) is 13.2 Å². The van der Waals surface area contributed by atoms with Gasteiger partial charge in [0.05, 0.1) is 12.7 Å². The maximum absolute atomic E-state index is 10.6. The Hall–Kier alpha value is -2.79. The largest absolute Gasteiger partial charge is 0.493 e. The third kappa shape index (κ3) is 10.7. The van der Waals surface area contributed by atoms with Crippen LogP contribution in [0.15, 0.2) is 54.6 Å². The van der Waals surface area contributed by atoms with Crippen LogP contribution in [0.3, 0.4) is 0 Å². The number of ether oxygens (including phenoxy) is 2. The van der Waals surface area contributed by atoms with Crippen molar-refractivity contribution in [2.45, 2.75) is 64.6 Å². The van der Waals surface area contributed by atoms with Crippen LogP contribution in [0.4, 0.5) is 0 Å². The van der Waals surface area contributed by atoms with Crippen molar-refractivity contribution in [3.8, 4) is 11.5 Å². The minimum Gasteiger partial charge on any atom is -0.493 e. The molecule has 0 radical (unpaired) electrons. The fraction of sp³-hybridized carbons (Fsp3) is 0.423. The molecule has 0 amide bonds. The van der Waals surface area contributed by atoms with E-state index in [4.69, 9.17) is 14.6 Å². The molecule has 0 saturated carbocycles. The first-order valence-electron chi connectivity index (χ1n) is 11.1. The maximum atomic E-state index is 10.6. The molecule has 0 aliphatic rings. The first-order valence-corrected chi connectivity index (χ1v) is 11.1. The summed E-state index contributed by atoms with van der Waals surface area (Å²) >= 11 is 0. The molecule has 0 fully saturated rings. The van der Waals surface area contributed by atoms with E-state index in [1.54, 1.807) is 6.08 Å². The highest BCUT2D eigenvalue weighted by molar-refractivity contribution is 5.85. The zero-order valence-electron chi connectivity index (χ0n) is 18.3. The molecule has 0 saturated heterocycles. The highest BCUT2D eigenvalue weighted by Gasteiger charge is 2.05. The van der Waals surface area contributed by atoms with Gasteiger partial charge in [-0.25, -0.2) is 4.79 Å². The van der Waals surface area contributed by atoms with Gasteiger partial charge >= 0.3 is 5.97 Å². The summed E-state index contributed by atoms with van der Waals surface area (Å²) in [7, 11) is 0. The highest BCUT2D eigenvalue weighted by atomic mass is 16.5. The van der Waals surface area contributed by atoms with E-state index in [1.807, 2.05) is 48.5 Å². The number of aliphatic hydroxyl groups excluding tert-OH is 1. The van der Waals surface area contributed by atoms with E-state index < -0.39 is 5.97 Å². The average Bonchev–Trinajstić information content (AvgIpc) is 2.78. The predicted molar refractivity (Wildman–Crippen MR) is 123 cm³/mol. The minimum absolute atomic E-state index is 0.235. The van der Waals surface area contributed by atoms with Crippen LogP contribution in [0.2, 0.25) is 0 Å². The molecule has 2 rings (SSSR count). The Kier molecular flexibility index (Phi) is 11.3. The van der Waals surface area contributed by atoms with E-state index in [2.05, 4.69) is 6.92 Å². The molecule has 0 heterocycles. The fourth-order valence-corrected chi connectivity index (χ4v) is 3.17. The van der Waals surface area contributed by atoms with Crippen LogP contribution in [0.25, 0.3) is 6.08 Å². The van der Waals surface area contributed by atoms with Crippen molar-refractivity contribution < 1.29 is 24.5 Å². The average molecular weight is 427 g/mol. The molecule has 5 heteroatoms. The first kappa shape index (κ1) is 24.5. The lowest BCUT2D eigenvalue weighted by atomic mass is 10.1. The second kappa shape index (κ2) is 14.3. The van der Waals surface area contributed by atoms with Crippen LogP contribution in [-0.4, -0.2) is 28.9 Å². The number of unbranched alkanes of at least 4 members (excludes halogenated alkanes) is 3. The quantitative estimate of drug-likeness (QED) is 0.276. The van der Waals surface area contributed by atoms with Crippen molar-refractivity contribution in [2.75, 3.05) is 6.61 Å². The van der Waals surface area contributed by atoms with Gasteiger partial charge in [0.2, 0.25) is 0 Å². The fourth-order valence-electron chi connectivity index (χ4n) is 3.17. The van der Waals surface area contributed by atoms with Gasteiger partial charge in [-0.15, -0.1) is 0 Å². The molecule has 1 unspecified atom stereocenters. The van der Waals surface area contributed by atoms with Gasteiger partial charge in [0.25, 0.3) is 0 Å². The molecule has 2 aromatic carbocycles. The summed E-state index contributed by atoms with van der Waals surface area (Å²) < 4.78 is 11.7. The van der Waals surface area contributed by atoms with Gasteiger partial charge < -0.3 is 19.7 Å². The molecule has 2 aromatic rings. The molecule has 0 aliphatic heterocycles. The Bertz CT molecular complexity index is 798. The molecular formula is C26H34O5. The van der Waals surface area contributed by atoms with Gasteiger partial charge in [0, 0.05) is 12.1 Å². The van der Waals surface area contributed by atoms with Crippen molar-refractivity contribution in [3.63, 3.8) is 0 Å². The number of hydrogen-bond donors (Lipinski definition) is 2. The van der Waals surface area contributed by atoms with Crippen LogP contribution in [0.1, 0.15) is 63.0 Å². The minimum atomic E-state index is -0.965. The zero-order chi connectivity index (χ0) is 22.3. The molecule has 2 N–H and O–H groups in total. The van der Waals surface area contributed by atoms with Crippen molar-refractivity contribution >= 4 is 12.0 Å². The summed E-state index contributed by atoms with van der Waals surface area (Å²) in [6, 6.07) is 15.1. The van der Waals surface area contributed by atoms with Crippen LogP contribution >= 0.6 is 0 Å². The lowest BCUT2D eigenvalue weighted by Crippen LogP contribution is -2.09. The number of aliphatic carboxylic acids is 1. The topological polar surface area (TPSA) is 76.0 Å². The van der Waals surface area contributed by atoms with E-state index in [-0.39, 0.29) is 6.10 Å². The van der Waals surface area contributed by atoms with Crippen LogP contribution in [0.5, 0.6) is 11.5 Å². The number of carboxylic acid groups (broad SMARTS) is 1. The molecule has 5 nitrogen and oxygen atoms in total. The molecule has 31 heavy (non-hydrogen) atoms. The lowest BCUT2D eigenvalue weighted by molar-refractivity contribution is -0.131. The summed E-state index contributed by atoms with van der Waals surface area (Å²) in [4.78, 5) is 10.6. The maximum Gasteiger partial charge on any atom is 0.328 e. The third-order valence-electron chi connectivity index (χ3n) is 4.95. The van der Waals surface area contributed by atoms with Crippen molar-refractivity contribution in [1.82, 2.24) is 0 Å². The monoisotopic (exact) mass is 426 g/mol. The molecule has 168 valence electrons. The molecule has 0 aliphatic carbocycles. The summed E-state index contributed by atoms with van der Waals surface area (Å²) in [5, 5.41) is 18.7. The summed E-state index contributed by atoms with van der Waals surface area (Å²) in [5.74, 6) is 0.514. The van der Waals surface area contributed by atoms with E-state index in [9.17, 15) is 9.90 Å². The van der Waals surface area contributed by atoms with Crippen molar-refractivity contribution in [2.24, 2.45) is 0 Å². The first-order chi connectivity index (χ1) is 15.1. The SMILES string of the molecule is CCCCCCC(O)CCCOc1cccc(OCc2ccc(/C=C/C(=O)O)cc2)c1. The number of aliphatic hydroxyl groups is 1. The smallest absolute Gasteiger partial charge is 0.328 e. The Morgan fingerprint density at radius 1 is 0.968 bits per heavy atom. The van der Waals surface area contributed by atoms with Crippen LogP contribution in [-0.2, 0) is 11.4 Å². The molecule has 0 bridgehead atoms. The summed E-state index contributed by atoms with van der Waals surface area (Å²) in [6.07, 6.45) is 9.64. The number of carbonyl (C=O) groups is 1. The van der Waals surface area contributed by atoms with Crippen LogP contribution < -0.4 is 9.47 Å². The van der Waals surface area contributed by atoms with Gasteiger partial charge in [0.15, 0.2) is 0 Å². The van der Waals surface area contributed by atoms with Gasteiger partial charge in [-0.1, -0.05) is 62.9 Å². The second-order valence-electron chi connectivity index (χ2n) is 7.67. The number of carboxylic acids is 1. The van der Waals surface area contributed by atoms with Gasteiger partial charge in [-0.2, -0.15) is 0 Å². The normalized spacial score (nSPS) is 12.1. The Morgan fingerprint density at radius 2 is 1.68 bits per heavy atom. The van der Waals surface area contributed by atoms with E-state index in [1.165, 1.54) is 19.3 Å². The van der Waals surface area contributed by atoms with Gasteiger partial charge in [0.1, 0.15) is 18.1 Å². The third-order valence-corrected chi connectivity index (χ3v) is 4.95. The molecule has 0 aromatic heterocycles. The number of rotatable bonds is 15. The molecule has 0 spiro atoms. The standard InChI is InChI=1S/C26H34O5/c1-2-3-4-5-8-23(27)9-7-18-30-24-10-6-11-25(19-24)31-20-22-14-12-21(13-15-22)16-17-26(28)29/h6,10-17,19,23,27H,2-5,7-9,18,20H2,1H3,(H,28,29)/b17-16+. The summed E-state index contributed by atoms with van der Waals surface area (Å²) in [6.45, 7) is 3.17. The number of benzene rings is 2. The number of hydrogen-bond acceptors (Lipinski definition) is 4. The molecular weight excluding hydrogens is 392 g/mol. The predicted octanol–water partition coefficient (Wildman–Crippen LogP) is 5.85. The van der Waals surface area contributed by atoms with E-state index >= 15 is 0 Å². The molecule has 1 atom stereocenters. The second-order valence-corrected chi connectivity index (χ2v) is 7.67. The van der Waals surface area contributed by atoms with Gasteiger partial charge in [-0.05, 0) is 48.6 Å². The summed E-state index contributed by atoms with van der Waals surface area (Å²) in [5.41, 5.74) is 1.82. The van der Waals surface area contributed by atoms with Crippen molar-refractivity contribution in [1.29, 1.82) is 0 Å². The zero-order valence-corrected chi connectivity index (χ0v) is 18.3. The Labute approximate surface area is 185 Å².